The van der Waals surface area contributed by atoms with Gasteiger partial charge in [-0.05, 0) is 55.5 Å². The zero-order valence-electron chi connectivity index (χ0n) is 19.6. The maximum Gasteiger partial charge on any atom is 0.237 e. The molecular formula is C24H29N5O4S. The number of hydrogen-bond donors (Lipinski definition) is 1. The van der Waals surface area contributed by atoms with E-state index in [0.29, 0.717) is 16.7 Å². The lowest BCUT2D eigenvalue weighted by Gasteiger charge is -2.28. The van der Waals surface area contributed by atoms with Crippen LogP contribution in [-0.2, 0) is 23.2 Å². The Morgan fingerprint density at radius 2 is 1.76 bits per heavy atom. The first-order valence-corrected chi connectivity index (χ1v) is 12.0. The third-order valence-corrected chi connectivity index (χ3v) is 6.65. The van der Waals surface area contributed by atoms with Gasteiger partial charge in [0.05, 0.1) is 25.6 Å². The quantitative estimate of drug-likeness (QED) is 0.464. The zero-order chi connectivity index (χ0) is 23.9. The van der Waals surface area contributed by atoms with Gasteiger partial charge in [0.2, 0.25) is 5.91 Å². The van der Waals surface area contributed by atoms with Gasteiger partial charge in [-0.15, -0.1) is 10.2 Å². The lowest BCUT2D eigenvalue weighted by atomic mass is 10.2. The van der Waals surface area contributed by atoms with Crippen LogP contribution in [0.5, 0.6) is 11.5 Å². The van der Waals surface area contributed by atoms with Crippen molar-refractivity contribution in [1.29, 1.82) is 0 Å². The van der Waals surface area contributed by atoms with Crippen molar-refractivity contribution in [2.75, 3.05) is 43.6 Å². The lowest BCUT2D eigenvalue weighted by Crippen LogP contribution is -2.36. The molecule has 1 amide bonds. The number of aromatic nitrogens is 3. The number of thioether (sulfide) groups is 1. The average molecular weight is 484 g/mol. The molecule has 4 rings (SSSR count). The summed E-state index contributed by atoms with van der Waals surface area (Å²) < 4.78 is 18.2. The van der Waals surface area contributed by atoms with Gasteiger partial charge in [-0.25, -0.2) is 0 Å². The topological polar surface area (TPSA) is 90.7 Å². The number of carbonyl (C=O) groups is 1. The van der Waals surface area contributed by atoms with E-state index in [-0.39, 0.29) is 17.8 Å². The smallest absolute Gasteiger partial charge is 0.237 e. The fraction of sp³-hybridized carbons (Fsp3) is 0.375. The molecule has 1 aliphatic heterocycles. The van der Waals surface area contributed by atoms with Crippen LogP contribution in [0.3, 0.4) is 0 Å². The first-order chi connectivity index (χ1) is 16.5. The first-order valence-electron chi connectivity index (χ1n) is 11.1. The standard InChI is InChI=1S/C24H29N5O4S/c1-17(23(30)25-18-4-6-19(7-5-18)29-12-14-32-15-13-29)34-24-27-26-22(28(24)2)16-33-21-10-8-20(31-3)9-11-21/h4-11,17H,12-16H2,1-3H3,(H,25,30)/t17-/m1/s1. The Bertz CT molecular complexity index is 1080. The Morgan fingerprint density at radius 1 is 1.09 bits per heavy atom. The lowest BCUT2D eigenvalue weighted by molar-refractivity contribution is -0.115. The SMILES string of the molecule is COc1ccc(OCc2nnc(S[C@H](C)C(=O)Nc3ccc(N4CCOCC4)cc3)n2C)cc1. The molecule has 0 radical (unpaired) electrons. The number of methoxy groups -OCH3 is 1. The second-order valence-corrected chi connectivity index (χ2v) is 9.13. The van der Waals surface area contributed by atoms with E-state index >= 15 is 0 Å². The molecular weight excluding hydrogens is 454 g/mol. The van der Waals surface area contributed by atoms with Crippen LogP contribution in [0.15, 0.2) is 53.7 Å². The predicted octanol–water partition coefficient (Wildman–Crippen LogP) is 3.36. The van der Waals surface area contributed by atoms with E-state index in [1.807, 2.05) is 67.1 Å². The van der Waals surface area contributed by atoms with Gasteiger partial charge in [0.15, 0.2) is 11.0 Å². The second-order valence-electron chi connectivity index (χ2n) is 7.82. The van der Waals surface area contributed by atoms with Crippen molar-refractivity contribution >= 4 is 29.0 Å². The van der Waals surface area contributed by atoms with Gasteiger partial charge < -0.3 is 29.0 Å². The van der Waals surface area contributed by atoms with Gasteiger partial charge in [-0.3, -0.25) is 4.79 Å². The summed E-state index contributed by atoms with van der Waals surface area (Å²) in [5.74, 6) is 2.06. The molecule has 1 aromatic heterocycles. The minimum atomic E-state index is -0.350. The molecule has 2 heterocycles. The number of ether oxygens (including phenoxy) is 3. The summed E-state index contributed by atoms with van der Waals surface area (Å²) in [6, 6.07) is 15.3. The number of hydrogen-bond acceptors (Lipinski definition) is 8. The summed E-state index contributed by atoms with van der Waals surface area (Å²) >= 11 is 1.35. The van der Waals surface area contributed by atoms with Gasteiger partial charge >= 0.3 is 0 Å². The predicted molar refractivity (Wildman–Crippen MR) is 132 cm³/mol. The van der Waals surface area contributed by atoms with Crippen molar-refractivity contribution in [3.8, 4) is 11.5 Å². The third kappa shape index (κ3) is 6.00. The highest BCUT2D eigenvalue weighted by atomic mass is 32.2. The van der Waals surface area contributed by atoms with Gasteiger partial charge in [0.1, 0.15) is 18.1 Å². The van der Waals surface area contributed by atoms with E-state index in [1.54, 1.807) is 7.11 Å². The Labute approximate surface area is 203 Å². The van der Waals surface area contributed by atoms with Gasteiger partial charge in [0, 0.05) is 31.5 Å². The molecule has 0 spiro atoms. The summed E-state index contributed by atoms with van der Waals surface area (Å²) in [6.07, 6.45) is 0. The van der Waals surface area contributed by atoms with Gasteiger partial charge in [-0.2, -0.15) is 0 Å². The molecule has 34 heavy (non-hydrogen) atoms. The molecule has 2 aromatic carbocycles. The third-order valence-electron chi connectivity index (χ3n) is 5.51. The van der Waals surface area contributed by atoms with E-state index in [1.165, 1.54) is 11.8 Å². The summed E-state index contributed by atoms with van der Waals surface area (Å²) in [5, 5.41) is 11.7. The van der Waals surface area contributed by atoms with Crippen LogP contribution >= 0.6 is 11.8 Å². The molecule has 1 atom stereocenters. The molecule has 180 valence electrons. The molecule has 0 bridgehead atoms. The van der Waals surface area contributed by atoms with Crippen LogP contribution in [0.25, 0.3) is 0 Å². The number of carbonyl (C=O) groups excluding carboxylic acids is 1. The van der Waals surface area contributed by atoms with Crippen LogP contribution < -0.4 is 19.7 Å². The van der Waals surface area contributed by atoms with Crippen molar-refractivity contribution in [3.05, 3.63) is 54.4 Å². The Hall–Kier alpha value is -3.24. The average Bonchev–Trinajstić information content (AvgIpc) is 3.22. The van der Waals surface area contributed by atoms with Crippen molar-refractivity contribution in [3.63, 3.8) is 0 Å². The first kappa shape index (κ1) is 23.9. The molecule has 3 aromatic rings. The number of rotatable bonds is 9. The number of nitrogens with zero attached hydrogens (tertiary/aromatic N) is 4. The molecule has 0 aliphatic carbocycles. The molecule has 10 heteroatoms. The number of morpholine rings is 1. The Balaban J connectivity index is 1.29. The fourth-order valence-electron chi connectivity index (χ4n) is 3.43. The zero-order valence-corrected chi connectivity index (χ0v) is 20.4. The monoisotopic (exact) mass is 483 g/mol. The molecule has 0 unspecified atom stereocenters. The molecule has 9 nitrogen and oxygen atoms in total. The van der Waals surface area contributed by atoms with E-state index in [2.05, 4.69) is 20.4 Å². The molecule has 0 saturated carbocycles. The van der Waals surface area contributed by atoms with Crippen molar-refractivity contribution < 1.29 is 19.0 Å². The van der Waals surface area contributed by atoms with Crippen molar-refractivity contribution in [1.82, 2.24) is 14.8 Å². The van der Waals surface area contributed by atoms with Crippen molar-refractivity contribution in [2.45, 2.75) is 23.9 Å². The van der Waals surface area contributed by atoms with Crippen LogP contribution in [0.2, 0.25) is 0 Å². The number of amides is 1. The molecule has 1 saturated heterocycles. The van der Waals surface area contributed by atoms with E-state index < -0.39 is 0 Å². The van der Waals surface area contributed by atoms with Crippen LogP contribution in [0, 0.1) is 0 Å². The minimum absolute atomic E-state index is 0.0943. The summed E-state index contributed by atoms with van der Waals surface area (Å²) in [5.41, 5.74) is 1.90. The highest BCUT2D eigenvalue weighted by Crippen LogP contribution is 2.25. The molecule has 1 aliphatic rings. The Morgan fingerprint density at radius 3 is 2.44 bits per heavy atom. The number of nitrogens with one attached hydrogen (secondary N) is 1. The minimum Gasteiger partial charge on any atom is -0.497 e. The van der Waals surface area contributed by atoms with Crippen molar-refractivity contribution in [2.24, 2.45) is 7.05 Å². The summed E-state index contributed by atoms with van der Waals surface area (Å²) in [4.78, 5) is 15.0. The fourth-order valence-corrected chi connectivity index (χ4v) is 4.26. The maximum atomic E-state index is 12.7. The number of anilines is 2. The van der Waals surface area contributed by atoms with Crippen LogP contribution in [0.1, 0.15) is 12.7 Å². The van der Waals surface area contributed by atoms with Crippen LogP contribution in [-0.4, -0.2) is 59.3 Å². The normalized spacial score (nSPS) is 14.5. The largest absolute Gasteiger partial charge is 0.497 e. The number of benzene rings is 2. The molecule has 1 N–H and O–H groups in total. The van der Waals surface area contributed by atoms with Crippen LogP contribution in [0.4, 0.5) is 11.4 Å². The highest BCUT2D eigenvalue weighted by molar-refractivity contribution is 8.00. The summed E-state index contributed by atoms with van der Waals surface area (Å²) in [7, 11) is 3.49. The van der Waals surface area contributed by atoms with E-state index in [9.17, 15) is 4.79 Å². The van der Waals surface area contributed by atoms with Gasteiger partial charge in [-0.1, -0.05) is 11.8 Å². The van der Waals surface area contributed by atoms with E-state index in [0.717, 1.165) is 43.4 Å². The molecule has 1 fully saturated rings. The Kier molecular flexibility index (Phi) is 7.91. The second kappa shape index (κ2) is 11.3. The van der Waals surface area contributed by atoms with E-state index in [4.69, 9.17) is 14.2 Å². The highest BCUT2D eigenvalue weighted by Gasteiger charge is 2.19. The van der Waals surface area contributed by atoms with Gasteiger partial charge in [0.25, 0.3) is 0 Å². The maximum absolute atomic E-state index is 12.7. The summed E-state index contributed by atoms with van der Waals surface area (Å²) in [6.45, 7) is 5.36.